The van der Waals surface area contributed by atoms with E-state index in [1.165, 1.54) is 18.3 Å². The molecule has 98 valence electrons. The van der Waals surface area contributed by atoms with E-state index in [0.29, 0.717) is 19.4 Å². The predicted octanol–water partition coefficient (Wildman–Crippen LogP) is 1.97. The van der Waals surface area contributed by atoms with E-state index >= 15 is 0 Å². The van der Waals surface area contributed by atoms with Gasteiger partial charge < -0.3 is 4.74 Å². The Hall–Kier alpha value is -0.680. The van der Waals surface area contributed by atoms with Gasteiger partial charge in [-0.2, -0.15) is 0 Å². The topological polar surface area (TPSA) is 52.6 Å². The number of hydrogen-bond acceptors (Lipinski definition) is 4. The van der Waals surface area contributed by atoms with Gasteiger partial charge in [-0.05, 0) is 33.6 Å². The summed E-state index contributed by atoms with van der Waals surface area (Å²) in [5, 5.41) is -0.286. The second-order valence-corrected chi connectivity index (χ2v) is 5.67. The molecule has 0 heterocycles. The molecule has 0 aliphatic heterocycles. The predicted molar refractivity (Wildman–Crippen MR) is 66.7 cm³/mol. The number of allylic oxidation sites excluding steroid dienone is 2. The van der Waals surface area contributed by atoms with Crippen LogP contribution >= 0.6 is 0 Å². The number of carbonyl (C=O) groups excluding carboxylic acids is 1. The van der Waals surface area contributed by atoms with Crippen LogP contribution in [0.4, 0.5) is 0 Å². The van der Waals surface area contributed by atoms with Gasteiger partial charge in [-0.15, -0.1) is 0 Å². The fourth-order valence-electron chi connectivity index (χ4n) is 2.05. The number of hydrogen-bond donors (Lipinski definition) is 0. The highest BCUT2D eigenvalue weighted by atomic mass is 32.2. The molecule has 0 N–H and O–H groups in total. The normalized spacial score (nSPS) is 26.8. The maximum atomic E-state index is 11.9. The Labute approximate surface area is 105 Å². The number of ether oxygens (including phenoxy) is 1. The molecule has 0 aromatic carbocycles. The Kier molecular flexibility index (Phi) is 5.33. The standard InChI is InChI=1S/C12H20O4S/c1-5-16-17(14)11-7-9(3)8(2)6-10(11)12(13)15-4/h10-11H,5-7H2,1-4H3/t10-,11+,17?/m0/s1. The van der Waals surface area contributed by atoms with E-state index in [4.69, 9.17) is 8.92 Å². The molecule has 1 rings (SSSR count). The summed E-state index contributed by atoms with van der Waals surface area (Å²) in [7, 11) is 1.36. The van der Waals surface area contributed by atoms with Crippen molar-refractivity contribution in [3.05, 3.63) is 11.1 Å². The lowest BCUT2D eigenvalue weighted by Crippen LogP contribution is -2.36. The van der Waals surface area contributed by atoms with Crippen LogP contribution in [0.3, 0.4) is 0 Å². The highest BCUT2D eigenvalue weighted by Gasteiger charge is 2.37. The van der Waals surface area contributed by atoms with Crippen molar-refractivity contribution in [2.75, 3.05) is 13.7 Å². The summed E-state index contributed by atoms with van der Waals surface area (Å²) < 4.78 is 21.9. The molecule has 0 aromatic heterocycles. The number of methoxy groups -OCH3 is 1. The van der Waals surface area contributed by atoms with Crippen LogP contribution in [-0.2, 0) is 24.8 Å². The maximum Gasteiger partial charge on any atom is 0.310 e. The van der Waals surface area contributed by atoms with Gasteiger partial charge in [-0.3, -0.25) is 8.98 Å². The van der Waals surface area contributed by atoms with E-state index in [2.05, 4.69) is 0 Å². The zero-order valence-corrected chi connectivity index (χ0v) is 11.6. The molecule has 3 atom stereocenters. The molecule has 0 fully saturated rings. The molecule has 0 saturated heterocycles. The van der Waals surface area contributed by atoms with Crippen molar-refractivity contribution in [3.8, 4) is 0 Å². The third-order valence-corrected chi connectivity index (χ3v) is 4.65. The quantitative estimate of drug-likeness (QED) is 0.573. The second-order valence-electron chi connectivity index (χ2n) is 4.30. The van der Waals surface area contributed by atoms with Crippen LogP contribution in [0, 0.1) is 5.92 Å². The molecule has 0 saturated carbocycles. The van der Waals surface area contributed by atoms with Crippen LogP contribution in [0.1, 0.15) is 33.6 Å². The SMILES string of the molecule is CCOS(=O)[C@@H]1CC(C)=C(C)C[C@@H]1C(=O)OC. The minimum absolute atomic E-state index is 0.286. The zero-order chi connectivity index (χ0) is 13.0. The van der Waals surface area contributed by atoms with Crippen LogP contribution < -0.4 is 0 Å². The molecule has 5 heteroatoms. The largest absolute Gasteiger partial charge is 0.469 e. The van der Waals surface area contributed by atoms with Gasteiger partial charge in [0, 0.05) is 0 Å². The van der Waals surface area contributed by atoms with Gasteiger partial charge in [0.2, 0.25) is 0 Å². The van der Waals surface area contributed by atoms with Crippen LogP contribution in [0.5, 0.6) is 0 Å². The molecule has 0 amide bonds. The summed E-state index contributed by atoms with van der Waals surface area (Å²) in [5.74, 6) is -0.647. The van der Waals surface area contributed by atoms with Gasteiger partial charge in [0.05, 0.1) is 24.9 Å². The Bertz CT molecular complexity index is 348. The summed E-state index contributed by atoms with van der Waals surface area (Å²) >= 11 is -1.43. The molecule has 1 unspecified atom stereocenters. The average Bonchev–Trinajstić information content (AvgIpc) is 2.31. The molecule has 0 bridgehead atoms. The van der Waals surface area contributed by atoms with Crippen molar-refractivity contribution >= 4 is 17.0 Å². The zero-order valence-electron chi connectivity index (χ0n) is 10.8. The third-order valence-electron chi connectivity index (χ3n) is 3.20. The molecule has 1 aliphatic rings. The highest BCUT2D eigenvalue weighted by molar-refractivity contribution is 7.80. The Morgan fingerprint density at radius 3 is 2.47 bits per heavy atom. The smallest absolute Gasteiger partial charge is 0.310 e. The van der Waals surface area contributed by atoms with Gasteiger partial charge >= 0.3 is 5.97 Å². The van der Waals surface area contributed by atoms with Gasteiger partial charge in [0.15, 0.2) is 11.1 Å². The molecule has 0 aromatic rings. The lowest BCUT2D eigenvalue weighted by Gasteiger charge is -2.29. The first-order valence-electron chi connectivity index (χ1n) is 5.78. The maximum absolute atomic E-state index is 11.9. The van der Waals surface area contributed by atoms with Crippen molar-refractivity contribution in [2.24, 2.45) is 5.92 Å². The van der Waals surface area contributed by atoms with Gasteiger partial charge in [0.1, 0.15) is 0 Å². The number of rotatable bonds is 4. The number of esters is 1. The van der Waals surface area contributed by atoms with Gasteiger partial charge in [-0.25, -0.2) is 4.21 Å². The molecule has 4 nitrogen and oxygen atoms in total. The highest BCUT2D eigenvalue weighted by Crippen LogP contribution is 2.33. The van der Waals surface area contributed by atoms with E-state index in [0.717, 1.165) is 0 Å². The van der Waals surface area contributed by atoms with E-state index in [1.54, 1.807) is 6.92 Å². The van der Waals surface area contributed by atoms with Crippen molar-refractivity contribution in [1.29, 1.82) is 0 Å². The first-order chi connectivity index (χ1) is 8.01. The molecule has 1 aliphatic carbocycles. The molecular weight excluding hydrogens is 240 g/mol. The van der Waals surface area contributed by atoms with Gasteiger partial charge in [0.25, 0.3) is 0 Å². The third kappa shape index (κ3) is 3.39. The van der Waals surface area contributed by atoms with Crippen LogP contribution in [0.15, 0.2) is 11.1 Å². The van der Waals surface area contributed by atoms with Crippen molar-refractivity contribution < 1.29 is 17.9 Å². The lowest BCUT2D eigenvalue weighted by atomic mass is 9.85. The summed E-state index contributed by atoms with van der Waals surface area (Å²) in [5.41, 5.74) is 2.38. The average molecular weight is 260 g/mol. The summed E-state index contributed by atoms with van der Waals surface area (Å²) in [6.07, 6.45) is 1.25. The fraction of sp³-hybridized carbons (Fsp3) is 0.750. The Balaban J connectivity index is 2.91. The fourth-order valence-corrected chi connectivity index (χ4v) is 3.31. The van der Waals surface area contributed by atoms with E-state index in [9.17, 15) is 9.00 Å². The van der Waals surface area contributed by atoms with Crippen molar-refractivity contribution in [1.82, 2.24) is 0 Å². The van der Waals surface area contributed by atoms with Crippen molar-refractivity contribution in [2.45, 2.75) is 38.9 Å². The van der Waals surface area contributed by atoms with Crippen molar-refractivity contribution in [3.63, 3.8) is 0 Å². The monoisotopic (exact) mass is 260 g/mol. The molecule has 0 spiro atoms. The first kappa shape index (κ1) is 14.4. The molecular formula is C12H20O4S. The van der Waals surface area contributed by atoms with Crippen LogP contribution in [0.2, 0.25) is 0 Å². The van der Waals surface area contributed by atoms with E-state index in [-0.39, 0.29) is 17.1 Å². The van der Waals surface area contributed by atoms with Crippen LogP contribution in [-0.4, -0.2) is 29.1 Å². The second kappa shape index (κ2) is 6.31. The molecule has 17 heavy (non-hydrogen) atoms. The first-order valence-corrected chi connectivity index (χ1v) is 6.91. The summed E-state index contributed by atoms with van der Waals surface area (Å²) in [6, 6.07) is 0. The minimum Gasteiger partial charge on any atom is -0.469 e. The van der Waals surface area contributed by atoms with E-state index in [1.807, 2.05) is 13.8 Å². The number of carbonyl (C=O) groups is 1. The van der Waals surface area contributed by atoms with Crippen LogP contribution in [0.25, 0.3) is 0 Å². The Morgan fingerprint density at radius 1 is 1.35 bits per heavy atom. The lowest BCUT2D eigenvalue weighted by molar-refractivity contribution is -0.145. The van der Waals surface area contributed by atoms with E-state index < -0.39 is 11.1 Å². The summed E-state index contributed by atoms with van der Waals surface area (Å²) in [4.78, 5) is 11.7. The Morgan fingerprint density at radius 2 is 1.94 bits per heavy atom. The summed E-state index contributed by atoms with van der Waals surface area (Å²) in [6.45, 7) is 6.20. The molecule has 0 radical (unpaired) electrons. The minimum atomic E-state index is -1.43. The van der Waals surface area contributed by atoms with Gasteiger partial charge in [-0.1, -0.05) is 11.1 Å².